The lowest BCUT2D eigenvalue weighted by Crippen LogP contribution is -2.12. The largest absolute Gasteiger partial charge is 0.205 e. The van der Waals surface area contributed by atoms with Crippen molar-refractivity contribution in [2.75, 3.05) is 0 Å². The van der Waals surface area contributed by atoms with Crippen molar-refractivity contribution in [3.63, 3.8) is 0 Å². The second kappa shape index (κ2) is 7.49. The first-order valence-electron chi connectivity index (χ1n) is 8.67. The molecule has 0 aromatic heterocycles. The number of hydrogen-bond donors (Lipinski definition) is 0. The van der Waals surface area contributed by atoms with E-state index in [1.807, 2.05) is 6.07 Å². The summed E-state index contributed by atoms with van der Waals surface area (Å²) in [5.41, 5.74) is 3.10. The van der Waals surface area contributed by atoms with Crippen LogP contribution in [0.15, 0.2) is 42.5 Å². The molecule has 2 aromatic carbocycles. The summed E-state index contributed by atoms with van der Waals surface area (Å²) in [6, 6.07) is 13.4. The summed E-state index contributed by atoms with van der Waals surface area (Å²) in [7, 11) is 0. The maximum atomic E-state index is 13.6. The van der Waals surface area contributed by atoms with Crippen LogP contribution in [-0.2, 0) is 6.42 Å². The van der Waals surface area contributed by atoms with Gasteiger partial charge in [-0.15, -0.1) is 0 Å². The number of hydrogen-bond acceptors (Lipinski definition) is 0. The molecule has 0 atom stereocenters. The second-order valence-electron chi connectivity index (χ2n) is 6.96. The first kappa shape index (κ1) is 16.5. The van der Waals surface area contributed by atoms with Crippen LogP contribution in [0.3, 0.4) is 0 Å². The van der Waals surface area contributed by atoms with Crippen LogP contribution in [0.1, 0.15) is 44.6 Å². The van der Waals surface area contributed by atoms with E-state index >= 15 is 0 Å². The number of aryl methyl sites for hydroxylation is 1. The number of rotatable bonds is 4. The van der Waals surface area contributed by atoms with Crippen molar-refractivity contribution < 1.29 is 4.39 Å². The van der Waals surface area contributed by atoms with E-state index in [-0.39, 0.29) is 10.8 Å². The molecule has 0 heterocycles. The zero-order valence-corrected chi connectivity index (χ0v) is 14.5. The van der Waals surface area contributed by atoms with Crippen LogP contribution in [0.4, 0.5) is 4.39 Å². The molecule has 0 spiro atoms. The van der Waals surface area contributed by atoms with E-state index in [2.05, 4.69) is 31.2 Å². The van der Waals surface area contributed by atoms with E-state index in [1.165, 1.54) is 43.7 Å². The Bertz CT molecular complexity index is 639. The fourth-order valence-corrected chi connectivity index (χ4v) is 3.80. The second-order valence-corrected chi connectivity index (χ2v) is 7.34. The molecule has 1 aliphatic rings. The molecule has 1 saturated carbocycles. The predicted octanol–water partition coefficient (Wildman–Crippen LogP) is 6.91. The molecule has 3 rings (SSSR count). The molecule has 23 heavy (non-hydrogen) atoms. The van der Waals surface area contributed by atoms with Gasteiger partial charge in [0.05, 0.1) is 5.02 Å². The lowest BCUT2D eigenvalue weighted by Gasteiger charge is -2.26. The highest BCUT2D eigenvalue weighted by Crippen LogP contribution is 2.32. The molecule has 0 saturated heterocycles. The minimum absolute atomic E-state index is 0.205. The van der Waals surface area contributed by atoms with Crippen LogP contribution in [-0.4, -0.2) is 0 Å². The Labute approximate surface area is 143 Å². The molecule has 0 unspecified atom stereocenters. The van der Waals surface area contributed by atoms with Gasteiger partial charge in [-0.3, -0.25) is 0 Å². The first-order valence-corrected chi connectivity index (χ1v) is 9.04. The fraction of sp³-hybridized carbons (Fsp3) is 0.429. The molecule has 0 nitrogen and oxygen atoms in total. The van der Waals surface area contributed by atoms with E-state index < -0.39 is 0 Å². The van der Waals surface area contributed by atoms with E-state index in [1.54, 1.807) is 6.07 Å². The van der Waals surface area contributed by atoms with Gasteiger partial charge in [-0.1, -0.05) is 80.6 Å². The molecule has 0 amide bonds. The van der Waals surface area contributed by atoms with Crippen LogP contribution < -0.4 is 0 Å². The number of benzene rings is 2. The van der Waals surface area contributed by atoms with Crippen molar-refractivity contribution in [2.24, 2.45) is 11.8 Å². The van der Waals surface area contributed by atoms with Crippen molar-refractivity contribution >= 4 is 11.6 Å². The van der Waals surface area contributed by atoms with E-state index in [9.17, 15) is 4.39 Å². The summed E-state index contributed by atoms with van der Waals surface area (Å²) in [5.74, 6) is 1.45. The lowest BCUT2D eigenvalue weighted by atomic mass is 9.80. The lowest BCUT2D eigenvalue weighted by molar-refractivity contribution is 0.278. The van der Waals surface area contributed by atoms with Crippen molar-refractivity contribution in [1.82, 2.24) is 0 Å². The predicted molar refractivity (Wildman–Crippen MR) is 96.3 cm³/mol. The van der Waals surface area contributed by atoms with Crippen molar-refractivity contribution in [2.45, 2.75) is 45.4 Å². The molecule has 0 N–H and O–H groups in total. The van der Waals surface area contributed by atoms with Crippen molar-refractivity contribution in [3.8, 4) is 11.1 Å². The Hall–Kier alpha value is -1.34. The molecular weight excluding hydrogens is 307 g/mol. The van der Waals surface area contributed by atoms with Gasteiger partial charge in [0.25, 0.3) is 0 Å². The van der Waals surface area contributed by atoms with Gasteiger partial charge in [0.15, 0.2) is 0 Å². The Morgan fingerprint density at radius 3 is 2.39 bits per heavy atom. The molecule has 0 bridgehead atoms. The standard InChI is InChI=1S/C21H24ClF/c1-15-5-7-16(8-6-15)9-10-17-11-13-18(14-12-17)19-3-2-4-20(23)21(19)22/h2-4,11-16H,5-10H2,1H3. The van der Waals surface area contributed by atoms with E-state index in [4.69, 9.17) is 11.6 Å². The van der Waals surface area contributed by atoms with E-state index in [0.29, 0.717) is 0 Å². The molecule has 0 aliphatic heterocycles. The zero-order valence-electron chi connectivity index (χ0n) is 13.7. The monoisotopic (exact) mass is 330 g/mol. The highest BCUT2D eigenvalue weighted by molar-refractivity contribution is 6.33. The Morgan fingerprint density at radius 1 is 1.00 bits per heavy atom. The van der Waals surface area contributed by atoms with Gasteiger partial charge in [-0.2, -0.15) is 0 Å². The maximum absolute atomic E-state index is 13.6. The molecule has 122 valence electrons. The van der Waals surface area contributed by atoms with Crippen LogP contribution in [0.5, 0.6) is 0 Å². The van der Waals surface area contributed by atoms with Crippen LogP contribution in [0.25, 0.3) is 11.1 Å². The summed E-state index contributed by atoms with van der Waals surface area (Å²) < 4.78 is 13.6. The smallest absolute Gasteiger partial charge is 0.142 e. The summed E-state index contributed by atoms with van der Waals surface area (Å²) in [4.78, 5) is 0. The molecule has 1 fully saturated rings. The van der Waals surface area contributed by atoms with Gasteiger partial charge < -0.3 is 0 Å². The Balaban J connectivity index is 1.62. The van der Waals surface area contributed by atoms with Crippen molar-refractivity contribution in [3.05, 3.63) is 58.9 Å². The van der Waals surface area contributed by atoms with Crippen molar-refractivity contribution in [1.29, 1.82) is 0 Å². The minimum atomic E-state index is -0.361. The minimum Gasteiger partial charge on any atom is -0.205 e. The third-order valence-corrected chi connectivity index (χ3v) is 5.58. The highest BCUT2D eigenvalue weighted by atomic mass is 35.5. The number of halogens is 2. The normalized spacial score (nSPS) is 21.3. The van der Waals surface area contributed by atoms with Crippen LogP contribution >= 0.6 is 11.6 Å². The quantitative estimate of drug-likeness (QED) is 0.571. The topological polar surface area (TPSA) is 0 Å². The fourth-order valence-electron chi connectivity index (χ4n) is 3.57. The van der Waals surface area contributed by atoms with Gasteiger partial charge in [-0.05, 0) is 41.9 Å². The molecule has 1 aliphatic carbocycles. The summed E-state index contributed by atoms with van der Waals surface area (Å²) in [6.07, 6.45) is 7.97. The first-order chi connectivity index (χ1) is 11.1. The zero-order chi connectivity index (χ0) is 16.2. The van der Waals surface area contributed by atoms with Gasteiger partial charge in [-0.25, -0.2) is 4.39 Å². The summed E-state index contributed by atoms with van der Waals surface area (Å²) in [5, 5.41) is 0.205. The van der Waals surface area contributed by atoms with E-state index in [0.717, 1.165) is 29.4 Å². The Kier molecular flexibility index (Phi) is 5.38. The molecule has 0 radical (unpaired) electrons. The van der Waals surface area contributed by atoms with Crippen LogP contribution in [0.2, 0.25) is 5.02 Å². The molecule has 2 heteroatoms. The van der Waals surface area contributed by atoms with Gasteiger partial charge in [0.1, 0.15) is 5.82 Å². The highest BCUT2D eigenvalue weighted by Gasteiger charge is 2.17. The van der Waals surface area contributed by atoms with Gasteiger partial charge in [0, 0.05) is 5.56 Å². The molecule has 2 aromatic rings. The summed E-state index contributed by atoms with van der Waals surface area (Å²) >= 11 is 6.07. The third kappa shape index (κ3) is 4.14. The van der Waals surface area contributed by atoms with Gasteiger partial charge >= 0.3 is 0 Å². The average Bonchev–Trinajstić information content (AvgIpc) is 2.57. The SMILES string of the molecule is CC1CCC(CCc2ccc(-c3cccc(F)c3Cl)cc2)CC1. The average molecular weight is 331 g/mol. The summed E-state index contributed by atoms with van der Waals surface area (Å²) in [6.45, 7) is 2.37. The van der Waals surface area contributed by atoms with Crippen LogP contribution in [0, 0.1) is 17.7 Å². The van der Waals surface area contributed by atoms with Gasteiger partial charge in [0.2, 0.25) is 0 Å². The maximum Gasteiger partial charge on any atom is 0.142 e. The third-order valence-electron chi connectivity index (χ3n) is 5.19. The molecular formula is C21H24ClF. The Morgan fingerprint density at radius 2 is 1.70 bits per heavy atom.